The second-order valence-corrected chi connectivity index (χ2v) is 8.84. The second kappa shape index (κ2) is 9.23. The molecule has 0 bridgehead atoms. The first-order valence-corrected chi connectivity index (χ1v) is 11.6. The van der Waals surface area contributed by atoms with Crippen molar-refractivity contribution in [3.8, 4) is 0 Å². The van der Waals surface area contributed by atoms with Crippen molar-refractivity contribution in [3.63, 3.8) is 0 Å². The average Bonchev–Trinajstić information content (AvgIpc) is 2.77. The SMILES string of the molecule is CCNC(=O)Nc1ccc2c(c1)CCC1(CCCCN1CCc1ccccc1C)C2=O. The van der Waals surface area contributed by atoms with Crippen molar-refractivity contribution >= 4 is 17.5 Å². The van der Waals surface area contributed by atoms with Gasteiger partial charge in [0.15, 0.2) is 5.78 Å². The van der Waals surface area contributed by atoms with Gasteiger partial charge in [-0.1, -0.05) is 24.3 Å². The Kier molecular flexibility index (Phi) is 6.42. The summed E-state index contributed by atoms with van der Waals surface area (Å²) in [4.78, 5) is 28.1. The summed E-state index contributed by atoms with van der Waals surface area (Å²) >= 11 is 0. The van der Waals surface area contributed by atoms with Gasteiger partial charge in [-0.3, -0.25) is 9.69 Å². The van der Waals surface area contributed by atoms with E-state index in [0.29, 0.717) is 6.54 Å². The lowest BCUT2D eigenvalue weighted by atomic mass is 9.71. The molecule has 2 aromatic rings. The van der Waals surface area contributed by atoms with E-state index in [1.165, 1.54) is 11.1 Å². The Bertz CT molecular complexity index is 971. The molecule has 1 heterocycles. The van der Waals surface area contributed by atoms with Crippen LogP contribution in [0.5, 0.6) is 0 Å². The van der Waals surface area contributed by atoms with Crippen LogP contribution in [-0.2, 0) is 12.8 Å². The highest BCUT2D eigenvalue weighted by atomic mass is 16.2. The van der Waals surface area contributed by atoms with E-state index in [0.717, 1.165) is 68.4 Å². The van der Waals surface area contributed by atoms with Crippen molar-refractivity contribution < 1.29 is 9.59 Å². The molecule has 0 saturated carbocycles. The lowest BCUT2D eigenvalue weighted by Crippen LogP contribution is -2.59. The van der Waals surface area contributed by atoms with E-state index in [-0.39, 0.29) is 17.4 Å². The lowest BCUT2D eigenvalue weighted by Gasteiger charge is -2.48. The molecule has 1 unspecified atom stereocenters. The van der Waals surface area contributed by atoms with Gasteiger partial charge in [0.2, 0.25) is 0 Å². The largest absolute Gasteiger partial charge is 0.338 e. The first-order chi connectivity index (χ1) is 15.0. The van der Waals surface area contributed by atoms with E-state index >= 15 is 0 Å². The molecule has 2 aromatic carbocycles. The molecular formula is C26H33N3O2. The molecule has 31 heavy (non-hydrogen) atoms. The number of anilines is 1. The number of benzene rings is 2. The van der Waals surface area contributed by atoms with Gasteiger partial charge in [0, 0.05) is 24.3 Å². The maximum absolute atomic E-state index is 13.8. The van der Waals surface area contributed by atoms with E-state index in [1.807, 2.05) is 25.1 Å². The summed E-state index contributed by atoms with van der Waals surface area (Å²) < 4.78 is 0. The number of hydrogen-bond acceptors (Lipinski definition) is 3. The number of hydrogen-bond donors (Lipinski definition) is 2. The number of ketones is 1. The zero-order valence-electron chi connectivity index (χ0n) is 18.7. The normalized spacial score (nSPS) is 21.0. The van der Waals surface area contributed by atoms with Gasteiger partial charge in [-0.25, -0.2) is 4.79 Å². The third-order valence-corrected chi connectivity index (χ3v) is 6.96. The van der Waals surface area contributed by atoms with Crippen LogP contribution >= 0.6 is 0 Å². The van der Waals surface area contributed by atoms with Crippen LogP contribution in [0.2, 0.25) is 0 Å². The topological polar surface area (TPSA) is 61.4 Å². The number of nitrogens with zero attached hydrogens (tertiary/aromatic N) is 1. The van der Waals surface area contributed by atoms with Gasteiger partial charge >= 0.3 is 6.03 Å². The molecule has 1 aliphatic carbocycles. The number of Topliss-reactive ketones (excluding diaryl/α,β-unsaturated/α-hetero) is 1. The third kappa shape index (κ3) is 4.38. The van der Waals surface area contributed by atoms with Gasteiger partial charge in [-0.15, -0.1) is 0 Å². The van der Waals surface area contributed by atoms with E-state index in [2.05, 4.69) is 46.7 Å². The Balaban J connectivity index is 1.53. The van der Waals surface area contributed by atoms with Crippen LogP contribution in [-0.4, -0.2) is 41.9 Å². The molecule has 2 amide bonds. The molecule has 5 heteroatoms. The minimum atomic E-state index is -0.373. The Hall–Kier alpha value is -2.66. The van der Waals surface area contributed by atoms with Crippen LogP contribution in [0, 0.1) is 6.92 Å². The summed E-state index contributed by atoms with van der Waals surface area (Å²) in [5.41, 5.74) is 4.94. The molecule has 2 N–H and O–H groups in total. The van der Waals surface area contributed by atoms with Gasteiger partial charge in [0.25, 0.3) is 0 Å². The summed E-state index contributed by atoms with van der Waals surface area (Å²) in [7, 11) is 0. The number of urea groups is 1. The number of carbonyl (C=O) groups is 2. The van der Waals surface area contributed by atoms with Crippen LogP contribution in [0.25, 0.3) is 0 Å². The van der Waals surface area contributed by atoms with Crippen LogP contribution in [0.4, 0.5) is 10.5 Å². The van der Waals surface area contributed by atoms with Gasteiger partial charge in [-0.2, -0.15) is 0 Å². The maximum Gasteiger partial charge on any atom is 0.319 e. The molecule has 0 aromatic heterocycles. The van der Waals surface area contributed by atoms with E-state index in [1.54, 1.807) is 0 Å². The van der Waals surface area contributed by atoms with Crippen LogP contribution < -0.4 is 10.6 Å². The Morgan fingerprint density at radius 3 is 2.77 bits per heavy atom. The van der Waals surface area contributed by atoms with Crippen molar-refractivity contribution in [2.75, 3.05) is 25.0 Å². The fourth-order valence-corrected chi connectivity index (χ4v) is 5.25. The lowest BCUT2D eigenvalue weighted by molar-refractivity contribution is 0.0298. The number of carbonyl (C=O) groups excluding carboxylic acids is 2. The number of aryl methyl sites for hydroxylation is 2. The van der Waals surface area contributed by atoms with Gasteiger partial charge in [0.05, 0.1) is 5.54 Å². The van der Waals surface area contributed by atoms with Crippen LogP contribution in [0.1, 0.15) is 59.7 Å². The first kappa shape index (κ1) is 21.6. The Morgan fingerprint density at radius 2 is 1.97 bits per heavy atom. The molecule has 4 rings (SSSR count). The predicted molar refractivity (Wildman–Crippen MR) is 125 cm³/mol. The van der Waals surface area contributed by atoms with Gasteiger partial charge < -0.3 is 10.6 Å². The molecule has 1 saturated heterocycles. The van der Waals surface area contributed by atoms with Crippen LogP contribution in [0.3, 0.4) is 0 Å². The number of amides is 2. The highest BCUT2D eigenvalue weighted by Gasteiger charge is 2.47. The average molecular weight is 420 g/mol. The van der Waals surface area contributed by atoms with Crippen molar-refractivity contribution in [1.29, 1.82) is 0 Å². The number of nitrogens with one attached hydrogen (secondary N) is 2. The molecule has 1 atom stereocenters. The molecule has 2 aliphatic rings. The number of rotatable bonds is 5. The molecule has 1 spiro atoms. The minimum Gasteiger partial charge on any atom is -0.338 e. The third-order valence-electron chi connectivity index (χ3n) is 6.96. The first-order valence-electron chi connectivity index (χ1n) is 11.6. The second-order valence-electron chi connectivity index (χ2n) is 8.84. The number of fused-ring (bicyclic) bond motifs is 1. The number of likely N-dealkylation sites (tertiary alicyclic amines) is 1. The van der Waals surface area contributed by atoms with E-state index in [4.69, 9.17) is 0 Å². The van der Waals surface area contributed by atoms with Gasteiger partial charge in [0.1, 0.15) is 0 Å². The standard InChI is InChI=1S/C26H33N3O2/c1-3-27-25(31)28-22-10-11-23-21(18-22)12-15-26(24(23)30)14-6-7-16-29(26)17-13-20-9-5-4-8-19(20)2/h4-5,8-11,18H,3,6-7,12-17H2,1-2H3,(H2,27,28,31). The molecule has 1 fully saturated rings. The Morgan fingerprint density at radius 1 is 1.13 bits per heavy atom. The highest BCUT2D eigenvalue weighted by Crippen LogP contribution is 2.40. The van der Waals surface area contributed by atoms with Crippen molar-refractivity contribution in [2.45, 2.75) is 57.9 Å². The summed E-state index contributed by atoms with van der Waals surface area (Å²) in [6, 6.07) is 14.1. The molecule has 5 nitrogen and oxygen atoms in total. The fraction of sp³-hybridized carbons (Fsp3) is 0.462. The van der Waals surface area contributed by atoms with E-state index in [9.17, 15) is 9.59 Å². The smallest absolute Gasteiger partial charge is 0.319 e. The molecule has 1 aliphatic heterocycles. The van der Waals surface area contributed by atoms with Crippen molar-refractivity contribution in [1.82, 2.24) is 10.2 Å². The van der Waals surface area contributed by atoms with Crippen LogP contribution in [0.15, 0.2) is 42.5 Å². The molecule has 0 radical (unpaired) electrons. The van der Waals surface area contributed by atoms with Crippen molar-refractivity contribution in [3.05, 3.63) is 64.7 Å². The zero-order valence-corrected chi connectivity index (χ0v) is 18.7. The van der Waals surface area contributed by atoms with Crippen molar-refractivity contribution in [2.24, 2.45) is 0 Å². The summed E-state index contributed by atoms with van der Waals surface area (Å²) in [6.07, 6.45) is 5.91. The maximum atomic E-state index is 13.8. The summed E-state index contributed by atoms with van der Waals surface area (Å²) in [5, 5.41) is 5.60. The zero-order chi connectivity index (χ0) is 21.8. The molecular weight excluding hydrogens is 386 g/mol. The van der Waals surface area contributed by atoms with Gasteiger partial charge in [-0.05, 0) is 93.8 Å². The quantitative estimate of drug-likeness (QED) is 0.736. The Labute approximate surface area is 185 Å². The summed E-state index contributed by atoms with van der Waals surface area (Å²) in [6.45, 7) is 6.54. The fourth-order valence-electron chi connectivity index (χ4n) is 5.25. The number of piperidine rings is 1. The monoisotopic (exact) mass is 419 g/mol. The minimum absolute atomic E-state index is 0.212. The van der Waals surface area contributed by atoms with E-state index < -0.39 is 0 Å². The predicted octanol–water partition coefficient (Wildman–Crippen LogP) is 4.73. The summed E-state index contributed by atoms with van der Waals surface area (Å²) in [5.74, 6) is 0.266. The highest BCUT2D eigenvalue weighted by molar-refractivity contribution is 6.06. The molecule has 164 valence electrons.